The summed E-state index contributed by atoms with van der Waals surface area (Å²) in [5.74, 6) is -4.62. The lowest BCUT2D eigenvalue weighted by atomic mass is 10.1. The molecule has 0 saturated carbocycles. The van der Waals surface area contributed by atoms with E-state index in [1.165, 1.54) is 12.2 Å². The predicted molar refractivity (Wildman–Crippen MR) is 45.7 cm³/mol. The van der Waals surface area contributed by atoms with Crippen molar-refractivity contribution >= 4 is 0 Å². The Hall–Kier alpha value is -0.650. The van der Waals surface area contributed by atoms with E-state index in [-0.39, 0.29) is 13.0 Å². The molecule has 6 heteroatoms. The molecular weight excluding hydrogens is 219 g/mol. The first-order valence-corrected chi connectivity index (χ1v) is 4.51. The van der Waals surface area contributed by atoms with Gasteiger partial charge in [0.05, 0.1) is 0 Å². The lowest BCUT2D eigenvalue weighted by molar-refractivity contribution is -0.283. The van der Waals surface area contributed by atoms with Gasteiger partial charge in [-0.3, -0.25) is 0 Å². The van der Waals surface area contributed by atoms with Crippen LogP contribution in [0.25, 0.3) is 0 Å². The molecule has 0 fully saturated rings. The maximum atomic E-state index is 12.3. The molecule has 0 spiro atoms. The molecule has 0 aromatic carbocycles. The van der Waals surface area contributed by atoms with Gasteiger partial charge in [0.1, 0.15) is 0 Å². The monoisotopic (exact) mass is 232 g/mol. The molecule has 0 aliphatic heterocycles. The van der Waals surface area contributed by atoms with Crippen LogP contribution in [0.5, 0.6) is 0 Å². The number of hydrogen-bond donors (Lipinski definition) is 1. The van der Waals surface area contributed by atoms with Gasteiger partial charge in [0, 0.05) is 13.0 Å². The van der Waals surface area contributed by atoms with Crippen molar-refractivity contribution in [3.8, 4) is 0 Å². The minimum atomic E-state index is -5.47. The summed E-state index contributed by atoms with van der Waals surface area (Å²) in [6.45, 7) is -0.0248. The Labute approximate surface area is 84.6 Å². The second-order valence-corrected chi connectivity index (χ2v) is 3.08. The Balaban J connectivity index is 3.80. The van der Waals surface area contributed by atoms with Crippen LogP contribution >= 0.6 is 0 Å². The van der Waals surface area contributed by atoms with Crippen molar-refractivity contribution in [2.45, 2.75) is 37.8 Å². The summed E-state index contributed by atoms with van der Waals surface area (Å²) in [7, 11) is 0. The number of halogens is 5. The van der Waals surface area contributed by atoms with Gasteiger partial charge in [-0.25, -0.2) is 0 Å². The van der Waals surface area contributed by atoms with E-state index in [2.05, 4.69) is 0 Å². The van der Waals surface area contributed by atoms with Gasteiger partial charge < -0.3 is 5.11 Å². The Morgan fingerprint density at radius 1 is 0.933 bits per heavy atom. The molecule has 0 saturated heterocycles. The van der Waals surface area contributed by atoms with E-state index in [0.29, 0.717) is 12.8 Å². The molecule has 0 heterocycles. The van der Waals surface area contributed by atoms with Crippen LogP contribution in [0.1, 0.15) is 25.7 Å². The molecule has 0 bridgehead atoms. The molecule has 0 atom stereocenters. The Bertz CT molecular complexity index is 197. The van der Waals surface area contributed by atoms with Gasteiger partial charge in [-0.2, -0.15) is 22.0 Å². The minimum absolute atomic E-state index is 0.0248. The van der Waals surface area contributed by atoms with Gasteiger partial charge in [-0.05, 0) is 19.3 Å². The largest absolute Gasteiger partial charge is 0.453 e. The minimum Gasteiger partial charge on any atom is -0.396 e. The highest BCUT2D eigenvalue weighted by molar-refractivity contribution is 4.85. The van der Waals surface area contributed by atoms with Gasteiger partial charge in [0.25, 0.3) is 0 Å². The van der Waals surface area contributed by atoms with E-state index in [4.69, 9.17) is 5.11 Å². The second-order valence-electron chi connectivity index (χ2n) is 3.08. The summed E-state index contributed by atoms with van der Waals surface area (Å²) < 4.78 is 59.6. The maximum absolute atomic E-state index is 12.3. The van der Waals surface area contributed by atoms with E-state index in [1.807, 2.05) is 0 Å². The third-order valence-electron chi connectivity index (χ3n) is 1.74. The average Bonchev–Trinajstić information content (AvgIpc) is 2.09. The highest BCUT2D eigenvalue weighted by Crippen LogP contribution is 2.38. The number of aliphatic hydroxyl groups is 1. The first kappa shape index (κ1) is 14.3. The summed E-state index contributed by atoms with van der Waals surface area (Å²) in [5.41, 5.74) is 0. The van der Waals surface area contributed by atoms with Crippen molar-refractivity contribution in [1.29, 1.82) is 0 Å². The summed E-state index contributed by atoms with van der Waals surface area (Å²) in [6.07, 6.45) is -3.30. The zero-order chi connectivity index (χ0) is 11.9. The van der Waals surface area contributed by atoms with E-state index in [1.54, 1.807) is 0 Å². The van der Waals surface area contributed by atoms with E-state index >= 15 is 0 Å². The van der Waals surface area contributed by atoms with Crippen molar-refractivity contribution in [3.63, 3.8) is 0 Å². The van der Waals surface area contributed by atoms with Crippen molar-refractivity contribution in [2.75, 3.05) is 6.61 Å². The van der Waals surface area contributed by atoms with Gasteiger partial charge in [-0.1, -0.05) is 12.2 Å². The quantitative estimate of drug-likeness (QED) is 0.423. The number of unbranched alkanes of at least 4 members (excludes halogenated alkanes) is 1. The molecular formula is C9H13F5O. The highest BCUT2D eigenvalue weighted by atomic mass is 19.4. The Morgan fingerprint density at radius 3 is 1.93 bits per heavy atom. The summed E-state index contributed by atoms with van der Waals surface area (Å²) in [4.78, 5) is 0. The first-order valence-electron chi connectivity index (χ1n) is 4.51. The van der Waals surface area contributed by atoms with Crippen LogP contribution in [-0.2, 0) is 0 Å². The standard InChI is InChI=1S/C9H13F5O/c10-8(11,9(12,13)14)6-4-2-1-3-5-7-15/h1-2,15H,3-7H2. The smallest absolute Gasteiger partial charge is 0.396 e. The van der Waals surface area contributed by atoms with Crippen molar-refractivity contribution in [2.24, 2.45) is 0 Å². The second kappa shape index (κ2) is 6.05. The van der Waals surface area contributed by atoms with Crippen LogP contribution in [-0.4, -0.2) is 23.8 Å². The molecule has 0 aromatic rings. The van der Waals surface area contributed by atoms with Crippen molar-refractivity contribution < 1.29 is 27.1 Å². The first-order chi connectivity index (χ1) is 6.81. The molecule has 90 valence electrons. The third-order valence-corrected chi connectivity index (χ3v) is 1.74. The zero-order valence-electron chi connectivity index (χ0n) is 8.03. The zero-order valence-corrected chi connectivity index (χ0v) is 8.03. The summed E-state index contributed by atoms with van der Waals surface area (Å²) in [6, 6.07) is 0. The van der Waals surface area contributed by atoms with Crippen LogP contribution in [0.15, 0.2) is 12.2 Å². The molecule has 0 rings (SSSR count). The number of hydrogen-bond acceptors (Lipinski definition) is 1. The number of allylic oxidation sites excluding steroid dienone is 2. The topological polar surface area (TPSA) is 20.2 Å². The molecule has 0 aromatic heterocycles. The highest BCUT2D eigenvalue weighted by Gasteiger charge is 2.56. The Kier molecular flexibility index (Phi) is 5.79. The number of alkyl halides is 5. The molecule has 0 amide bonds. The normalized spacial score (nSPS) is 13.7. The molecule has 15 heavy (non-hydrogen) atoms. The van der Waals surface area contributed by atoms with Crippen LogP contribution in [0.4, 0.5) is 22.0 Å². The average molecular weight is 232 g/mol. The van der Waals surface area contributed by atoms with Crippen LogP contribution < -0.4 is 0 Å². The fourth-order valence-electron chi connectivity index (χ4n) is 0.851. The summed E-state index contributed by atoms with van der Waals surface area (Å²) >= 11 is 0. The SMILES string of the molecule is OCCCC=CCCC(F)(F)C(F)(F)F. The number of aliphatic hydroxyl groups excluding tert-OH is 1. The molecule has 0 aliphatic rings. The van der Waals surface area contributed by atoms with E-state index in [0.717, 1.165) is 0 Å². The molecule has 0 aliphatic carbocycles. The molecule has 1 N–H and O–H groups in total. The van der Waals surface area contributed by atoms with Crippen molar-refractivity contribution in [1.82, 2.24) is 0 Å². The Morgan fingerprint density at radius 2 is 1.47 bits per heavy atom. The van der Waals surface area contributed by atoms with Crippen LogP contribution in [0.2, 0.25) is 0 Å². The number of rotatable bonds is 6. The van der Waals surface area contributed by atoms with Crippen LogP contribution in [0.3, 0.4) is 0 Å². The predicted octanol–water partition coefficient (Wildman–Crippen LogP) is 3.29. The maximum Gasteiger partial charge on any atom is 0.453 e. The summed E-state index contributed by atoms with van der Waals surface area (Å²) in [5, 5.41) is 8.36. The fraction of sp³-hybridized carbons (Fsp3) is 0.778. The molecule has 1 nitrogen and oxygen atoms in total. The van der Waals surface area contributed by atoms with Gasteiger partial charge in [0.15, 0.2) is 0 Å². The van der Waals surface area contributed by atoms with Gasteiger partial charge in [0.2, 0.25) is 0 Å². The third kappa shape index (κ3) is 5.71. The molecule has 0 radical (unpaired) electrons. The van der Waals surface area contributed by atoms with Crippen LogP contribution in [0, 0.1) is 0 Å². The van der Waals surface area contributed by atoms with Gasteiger partial charge >= 0.3 is 12.1 Å². The van der Waals surface area contributed by atoms with Crippen molar-refractivity contribution in [3.05, 3.63) is 12.2 Å². The van der Waals surface area contributed by atoms with Gasteiger partial charge in [-0.15, -0.1) is 0 Å². The lowest BCUT2D eigenvalue weighted by Gasteiger charge is -2.18. The fourth-order valence-corrected chi connectivity index (χ4v) is 0.851. The van der Waals surface area contributed by atoms with E-state index < -0.39 is 18.5 Å². The molecule has 0 unspecified atom stereocenters. The lowest BCUT2D eigenvalue weighted by Crippen LogP contribution is -2.35. The van der Waals surface area contributed by atoms with E-state index in [9.17, 15) is 22.0 Å².